The predicted octanol–water partition coefficient (Wildman–Crippen LogP) is 3.63. The molecule has 150 valence electrons. The first kappa shape index (κ1) is 19.0. The van der Waals surface area contributed by atoms with Gasteiger partial charge in [0.15, 0.2) is 5.82 Å². The number of likely N-dealkylation sites (tertiary alicyclic amines) is 1. The minimum absolute atomic E-state index is 0.0613. The molecule has 2 aliphatic rings. The number of aromatic nitrogens is 2. The molecule has 0 amide bonds. The van der Waals surface area contributed by atoms with Crippen LogP contribution in [-0.2, 0) is 12.6 Å². The molecule has 4 rings (SSSR count). The van der Waals surface area contributed by atoms with E-state index < -0.39 is 17.5 Å². The number of halogens is 3. The standard InChI is InChI=1S/C20H23F3N4O/c1-12-8-15(20(21,22)23)18(17(28)9-12)16-10-13-5-7-27(19(13)25-24-16)14-4-3-6-26(2)11-14/h8-10,14,28H,3-7,11H2,1-2H3/t14-/m1/s1. The molecule has 8 heteroatoms. The van der Waals surface area contributed by atoms with Crippen LogP contribution in [0.4, 0.5) is 19.0 Å². The quantitative estimate of drug-likeness (QED) is 0.846. The smallest absolute Gasteiger partial charge is 0.417 e. The van der Waals surface area contributed by atoms with E-state index in [9.17, 15) is 18.3 Å². The summed E-state index contributed by atoms with van der Waals surface area (Å²) in [6, 6.07) is 4.35. The molecule has 3 heterocycles. The van der Waals surface area contributed by atoms with Crippen LogP contribution in [0.15, 0.2) is 18.2 Å². The van der Waals surface area contributed by atoms with Crippen LogP contribution in [0.3, 0.4) is 0 Å². The van der Waals surface area contributed by atoms with E-state index in [1.54, 1.807) is 6.07 Å². The Balaban J connectivity index is 1.72. The number of hydrogen-bond donors (Lipinski definition) is 1. The third-order valence-corrected chi connectivity index (χ3v) is 5.61. The van der Waals surface area contributed by atoms with Crippen LogP contribution in [0.2, 0.25) is 0 Å². The van der Waals surface area contributed by atoms with E-state index in [2.05, 4.69) is 27.0 Å². The Morgan fingerprint density at radius 3 is 2.64 bits per heavy atom. The number of piperidine rings is 1. The highest BCUT2D eigenvalue weighted by molar-refractivity contribution is 5.73. The second-order valence-electron chi connectivity index (χ2n) is 7.78. The van der Waals surface area contributed by atoms with Gasteiger partial charge in [0.05, 0.1) is 16.8 Å². The van der Waals surface area contributed by atoms with Gasteiger partial charge in [-0.3, -0.25) is 0 Å². The fraction of sp³-hybridized carbons (Fsp3) is 0.500. The molecule has 0 saturated carbocycles. The molecule has 1 aromatic heterocycles. The highest BCUT2D eigenvalue weighted by Crippen LogP contribution is 2.43. The molecular weight excluding hydrogens is 369 g/mol. The minimum atomic E-state index is -4.59. The van der Waals surface area contributed by atoms with Gasteiger partial charge >= 0.3 is 6.18 Å². The summed E-state index contributed by atoms with van der Waals surface area (Å²) in [5.41, 5.74) is 0.0973. The number of likely N-dealkylation sites (N-methyl/N-ethyl adjacent to an activating group) is 1. The van der Waals surface area contributed by atoms with Gasteiger partial charge in [0, 0.05) is 24.7 Å². The van der Waals surface area contributed by atoms with Crippen LogP contribution in [-0.4, -0.2) is 52.9 Å². The molecule has 1 saturated heterocycles. The van der Waals surface area contributed by atoms with Crippen molar-refractivity contribution in [3.8, 4) is 17.0 Å². The maximum Gasteiger partial charge on any atom is 0.417 e. The van der Waals surface area contributed by atoms with E-state index in [4.69, 9.17) is 0 Å². The number of phenolic OH excluding ortho intramolecular Hbond substituents is 1. The number of fused-ring (bicyclic) bond motifs is 1. The number of rotatable bonds is 2. The van der Waals surface area contributed by atoms with Gasteiger partial charge in [-0.1, -0.05) is 0 Å². The van der Waals surface area contributed by atoms with Crippen molar-refractivity contribution in [1.29, 1.82) is 0 Å². The lowest BCUT2D eigenvalue weighted by molar-refractivity contribution is -0.137. The first-order valence-electron chi connectivity index (χ1n) is 9.47. The lowest BCUT2D eigenvalue weighted by atomic mass is 9.99. The van der Waals surface area contributed by atoms with Gasteiger partial charge in [0.1, 0.15) is 5.75 Å². The summed E-state index contributed by atoms with van der Waals surface area (Å²) in [4.78, 5) is 4.51. The molecule has 0 radical (unpaired) electrons. The van der Waals surface area contributed by atoms with Crippen LogP contribution in [0.25, 0.3) is 11.3 Å². The first-order chi connectivity index (χ1) is 13.2. The van der Waals surface area contributed by atoms with E-state index in [1.165, 1.54) is 13.0 Å². The number of anilines is 1. The normalized spacial score (nSPS) is 20.5. The van der Waals surface area contributed by atoms with E-state index in [0.29, 0.717) is 18.0 Å². The average molecular weight is 392 g/mol. The third-order valence-electron chi connectivity index (χ3n) is 5.61. The molecule has 1 N–H and O–H groups in total. The van der Waals surface area contributed by atoms with E-state index >= 15 is 0 Å². The summed E-state index contributed by atoms with van der Waals surface area (Å²) in [6.45, 7) is 4.33. The summed E-state index contributed by atoms with van der Waals surface area (Å²) in [5.74, 6) is 0.328. The molecular formula is C20H23F3N4O. The zero-order valence-electron chi connectivity index (χ0n) is 15.9. The van der Waals surface area contributed by atoms with Crippen LogP contribution < -0.4 is 4.90 Å². The Morgan fingerprint density at radius 1 is 1.14 bits per heavy atom. The summed E-state index contributed by atoms with van der Waals surface area (Å²) in [6.07, 6.45) is -1.68. The summed E-state index contributed by atoms with van der Waals surface area (Å²) in [5, 5.41) is 18.6. The van der Waals surface area contributed by atoms with Gasteiger partial charge in [0.2, 0.25) is 0 Å². The second kappa shape index (κ2) is 6.92. The highest BCUT2D eigenvalue weighted by atomic mass is 19.4. The van der Waals surface area contributed by atoms with Gasteiger partial charge in [0.25, 0.3) is 0 Å². The van der Waals surface area contributed by atoms with Gasteiger partial charge in [-0.05, 0) is 63.5 Å². The Kier molecular flexibility index (Phi) is 4.69. The Morgan fingerprint density at radius 2 is 1.93 bits per heavy atom. The number of aryl methyl sites for hydroxylation is 1. The Labute approximate surface area is 161 Å². The summed E-state index contributed by atoms with van der Waals surface area (Å²) >= 11 is 0. The second-order valence-corrected chi connectivity index (χ2v) is 7.78. The van der Waals surface area contributed by atoms with Crippen LogP contribution in [0, 0.1) is 6.92 Å². The molecule has 1 atom stereocenters. The maximum atomic E-state index is 13.5. The average Bonchev–Trinajstić information content (AvgIpc) is 3.03. The lowest BCUT2D eigenvalue weighted by Crippen LogP contribution is -2.46. The largest absolute Gasteiger partial charge is 0.507 e. The predicted molar refractivity (Wildman–Crippen MR) is 100 cm³/mol. The molecule has 1 aromatic carbocycles. The molecule has 2 aromatic rings. The molecule has 0 bridgehead atoms. The summed E-state index contributed by atoms with van der Waals surface area (Å²) < 4.78 is 40.6. The van der Waals surface area contributed by atoms with Crippen molar-refractivity contribution in [2.24, 2.45) is 0 Å². The van der Waals surface area contributed by atoms with E-state index in [0.717, 1.165) is 49.9 Å². The van der Waals surface area contributed by atoms with Gasteiger partial charge in [-0.15, -0.1) is 10.2 Å². The maximum absolute atomic E-state index is 13.5. The minimum Gasteiger partial charge on any atom is -0.507 e. The van der Waals surface area contributed by atoms with Crippen molar-refractivity contribution in [3.05, 3.63) is 34.9 Å². The van der Waals surface area contributed by atoms with Crippen LogP contribution in [0.1, 0.15) is 29.5 Å². The number of nitrogens with zero attached hydrogens (tertiary/aromatic N) is 4. The highest BCUT2D eigenvalue weighted by Gasteiger charge is 2.37. The van der Waals surface area contributed by atoms with Crippen molar-refractivity contribution in [1.82, 2.24) is 15.1 Å². The lowest BCUT2D eigenvalue weighted by Gasteiger charge is -2.36. The molecule has 28 heavy (non-hydrogen) atoms. The zero-order valence-corrected chi connectivity index (χ0v) is 15.9. The number of hydrogen-bond acceptors (Lipinski definition) is 5. The van der Waals surface area contributed by atoms with Crippen molar-refractivity contribution in [3.63, 3.8) is 0 Å². The van der Waals surface area contributed by atoms with Gasteiger partial charge < -0.3 is 14.9 Å². The molecule has 2 aliphatic heterocycles. The fourth-order valence-electron chi connectivity index (χ4n) is 4.33. The third kappa shape index (κ3) is 3.41. The molecule has 0 unspecified atom stereocenters. The topological polar surface area (TPSA) is 52.5 Å². The first-order valence-corrected chi connectivity index (χ1v) is 9.47. The van der Waals surface area contributed by atoms with Crippen molar-refractivity contribution < 1.29 is 18.3 Å². The summed E-state index contributed by atoms with van der Waals surface area (Å²) in [7, 11) is 2.09. The molecule has 0 spiro atoms. The number of aromatic hydroxyl groups is 1. The van der Waals surface area contributed by atoms with Crippen molar-refractivity contribution in [2.45, 2.75) is 38.4 Å². The molecule has 1 fully saturated rings. The molecule has 0 aliphatic carbocycles. The van der Waals surface area contributed by atoms with Crippen LogP contribution >= 0.6 is 0 Å². The number of phenols is 1. The number of alkyl halides is 3. The Hall–Kier alpha value is -2.35. The SMILES string of the molecule is Cc1cc(O)c(-c2cc3c(nn2)N([C@@H]2CCCN(C)C2)CC3)c(C(F)(F)F)c1. The monoisotopic (exact) mass is 392 g/mol. The zero-order chi connectivity index (χ0) is 20.1. The van der Waals surface area contributed by atoms with Crippen molar-refractivity contribution >= 4 is 5.82 Å². The fourth-order valence-corrected chi connectivity index (χ4v) is 4.33. The van der Waals surface area contributed by atoms with E-state index in [-0.39, 0.29) is 11.3 Å². The van der Waals surface area contributed by atoms with Crippen molar-refractivity contribution in [2.75, 3.05) is 31.6 Å². The molecule has 5 nitrogen and oxygen atoms in total. The van der Waals surface area contributed by atoms with Crippen LogP contribution in [0.5, 0.6) is 5.75 Å². The van der Waals surface area contributed by atoms with Gasteiger partial charge in [-0.2, -0.15) is 13.2 Å². The number of benzene rings is 1. The van der Waals surface area contributed by atoms with E-state index in [1.807, 2.05) is 0 Å². The van der Waals surface area contributed by atoms with Gasteiger partial charge in [-0.25, -0.2) is 0 Å². The Bertz CT molecular complexity index is 900.